The quantitative estimate of drug-likeness (QED) is 0.212. The van der Waals surface area contributed by atoms with Crippen LogP contribution in [0.1, 0.15) is 59.1 Å². The van der Waals surface area contributed by atoms with Gasteiger partial charge in [0.25, 0.3) is 0 Å². The Hall–Kier alpha value is -3.16. The molecule has 0 radical (unpaired) electrons. The van der Waals surface area contributed by atoms with Crippen LogP contribution in [0.15, 0.2) is 54.6 Å². The highest BCUT2D eigenvalue weighted by atomic mass is 32.2. The zero-order valence-corrected chi connectivity index (χ0v) is 24.4. The SMILES string of the molecule is CCOC(=O)[C@H]1C[C@@H]1c1ccc(CCc2ccc3c(c2)-c2c(C)cc(OCCCS(C)(=O)=O)cc2COC3)cc1. The average molecular weight is 563 g/mol. The molecule has 0 amide bonds. The summed E-state index contributed by atoms with van der Waals surface area (Å²) in [5.41, 5.74) is 9.57. The molecule has 3 aromatic rings. The molecule has 1 saturated carbocycles. The maximum Gasteiger partial charge on any atom is 0.309 e. The topological polar surface area (TPSA) is 78.9 Å². The molecule has 1 aliphatic carbocycles. The van der Waals surface area contributed by atoms with Crippen LogP contribution >= 0.6 is 0 Å². The van der Waals surface area contributed by atoms with E-state index < -0.39 is 9.84 Å². The van der Waals surface area contributed by atoms with Gasteiger partial charge in [0.15, 0.2) is 0 Å². The molecule has 7 heteroatoms. The van der Waals surface area contributed by atoms with E-state index in [1.807, 2.05) is 19.1 Å². The molecule has 0 N–H and O–H groups in total. The fraction of sp³-hybridized carbons (Fsp3) is 0.424. The van der Waals surface area contributed by atoms with E-state index in [4.69, 9.17) is 14.2 Å². The number of benzene rings is 3. The van der Waals surface area contributed by atoms with Crippen molar-refractivity contribution in [1.29, 1.82) is 0 Å². The molecular formula is C33H38O6S. The van der Waals surface area contributed by atoms with Crippen LogP contribution in [0.2, 0.25) is 0 Å². The highest BCUT2D eigenvalue weighted by molar-refractivity contribution is 7.90. The number of carbonyl (C=O) groups excluding carboxylic acids is 1. The van der Waals surface area contributed by atoms with E-state index >= 15 is 0 Å². The molecule has 1 heterocycles. The Kier molecular flexibility index (Phi) is 8.62. The summed E-state index contributed by atoms with van der Waals surface area (Å²) < 4.78 is 39.9. The Morgan fingerprint density at radius 3 is 2.45 bits per heavy atom. The van der Waals surface area contributed by atoms with Gasteiger partial charge in [-0.2, -0.15) is 0 Å². The highest BCUT2D eigenvalue weighted by Gasteiger charge is 2.45. The smallest absolute Gasteiger partial charge is 0.309 e. The lowest BCUT2D eigenvalue weighted by molar-refractivity contribution is -0.144. The van der Waals surface area contributed by atoms with Crippen molar-refractivity contribution < 1.29 is 27.4 Å². The van der Waals surface area contributed by atoms with Gasteiger partial charge in [-0.1, -0.05) is 42.5 Å². The van der Waals surface area contributed by atoms with Crippen LogP contribution in [0.25, 0.3) is 11.1 Å². The van der Waals surface area contributed by atoms with Crippen LogP contribution in [-0.4, -0.2) is 39.6 Å². The predicted octanol–water partition coefficient (Wildman–Crippen LogP) is 5.96. The minimum Gasteiger partial charge on any atom is -0.494 e. The lowest BCUT2D eigenvalue weighted by Gasteiger charge is -2.16. The summed E-state index contributed by atoms with van der Waals surface area (Å²) in [7, 11) is -2.99. The second-order valence-electron chi connectivity index (χ2n) is 11.0. The van der Waals surface area contributed by atoms with Gasteiger partial charge in [-0.05, 0) is 102 Å². The lowest BCUT2D eigenvalue weighted by atomic mass is 9.90. The molecule has 2 atom stereocenters. The molecule has 0 spiro atoms. The second kappa shape index (κ2) is 12.1. The zero-order chi connectivity index (χ0) is 28.3. The largest absolute Gasteiger partial charge is 0.494 e. The lowest BCUT2D eigenvalue weighted by Crippen LogP contribution is -2.08. The van der Waals surface area contributed by atoms with Crippen LogP contribution in [0.4, 0.5) is 0 Å². The van der Waals surface area contributed by atoms with E-state index in [2.05, 4.69) is 49.4 Å². The Morgan fingerprint density at radius 1 is 0.975 bits per heavy atom. The number of aryl methyl sites for hydroxylation is 3. The first-order chi connectivity index (χ1) is 19.2. The van der Waals surface area contributed by atoms with E-state index in [-0.39, 0.29) is 17.6 Å². The van der Waals surface area contributed by atoms with Crippen molar-refractivity contribution in [1.82, 2.24) is 0 Å². The van der Waals surface area contributed by atoms with Crippen molar-refractivity contribution >= 4 is 15.8 Å². The van der Waals surface area contributed by atoms with E-state index in [9.17, 15) is 13.2 Å². The standard InChI is InChI=1S/C33H38O6S/c1-4-38-33(34)31-19-29(31)25-11-8-23(9-12-25)6-7-24-10-13-26-20-37-21-27-18-28(39-14-5-15-40(3,35)36)16-22(2)32(27)30(26)17-24/h8-13,16-18,29,31H,4-7,14-15,19-21H2,1-3H3/t29-,31+/m1/s1. The fourth-order valence-electron chi connectivity index (χ4n) is 5.62. The van der Waals surface area contributed by atoms with Crippen molar-refractivity contribution in [2.24, 2.45) is 5.92 Å². The van der Waals surface area contributed by atoms with Crippen molar-refractivity contribution in [2.45, 2.75) is 58.7 Å². The third kappa shape index (κ3) is 6.94. The van der Waals surface area contributed by atoms with Crippen molar-refractivity contribution in [3.8, 4) is 16.9 Å². The predicted molar refractivity (Wildman–Crippen MR) is 156 cm³/mol. The first-order valence-corrected chi connectivity index (χ1v) is 16.2. The number of esters is 1. The van der Waals surface area contributed by atoms with Gasteiger partial charge >= 0.3 is 5.97 Å². The maximum absolute atomic E-state index is 12.0. The van der Waals surface area contributed by atoms with E-state index in [1.54, 1.807) is 0 Å². The van der Waals surface area contributed by atoms with Crippen LogP contribution in [0.3, 0.4) is 0 Å². The normalized spacial score (nSPS) is 17.9. The monoisotopic (exact) mass is 562 g/mol. The number of sulfone groups is 1. The summed E-state index contributed by atoms with van der Waals surface area (Å²) >= 11 is 0. The molecule has 0 aromatic heterocycles. The Bertz CT molecular complexity index is 1480. The van der Waals surface area contributed by atoms with Crippen LogP contribution in [0.5, 0.6) is 5.75 Å². The van der Waals surface area contributed by atoms with E-state index in [0.29, 0.717) is 38.8 Å². The molecule has 5 rings (SSSR count). The third-order valence-electron chi connectivity index (χ3n) is 7.77. The van der Waals surface area contributed by atoms with Gasteiger partial charge < -0.3 is 14.2 Å². The molecule has 0 unspecified atom stereocenters. The Labute approximate surface area is 237 Å². The molecule has 0 bridgehead atoms. The number of hydrogen-bond donors (Lipinski definition) is 0. The van der Waals surface area contributed by atoms with Crippen molar-refractivity contribution in [3.05, 3.63) is 88.0 Å². The first kappa shape index (κ1) is 28.4. The molecule has 40 heavy (non-hydrogen) atoms. The van der Waals surface area contributed by atoms with Gasteiger partial charge in [0, 0.05) is 6.26 Å². The molecule has 3 aromatic carbocycles. The van der Waals surface area contributed by atoms with Gasteiger partial charge in [0.05, 0.1) is 38.1 Å². The van der Waals surface area contributed by atoms with Gasteiger partial charge in [-0.15, -0.1) is 0 Å². The molecule has 0 saturated heterocycles. The number of carbonyl (C=O) groups is 1. The Balaban J connectivity index is 1.25. The molecule has 2 aliphatic rings. The molecule has 6 nitrogen and oxygen atoms in total. The molecule has 1 aliphatic heterocycles. The number of rotatable bonds is 11. The summed E-state index contributed by atoms with van der Waals surface area (Å²) in [5.74, 6) is 1.10. The van der Waals surface area contributed by atoms with E-state index in [1.165, 1.54) is 39.6 Å². The minimum atomic E-state index is -2.99. The summed E-state index contributed by atoms with van der Waals surface area (Å²) in [6, 6.07) is 19.4. The van der Waals surface area contributed by atoms with E-state index in [0.717, 1.165) is 36.1 Å². The summed E-state index contributed by atoms with van der Waals surface area (Å²) in [4.78, 5) is 12.0. The van der Waals surface area contributed by atoms with Gasteiger partial charge in [-0.3, -0.25) is 4.79 Å². The van der Waals surface area contributed by atoms with Crippen molar-refractivity contribution in [2.75, 3.05) is 25.2 Å². The highest BCUT2D eigenvalue weighted by Crippen LogP contribution is 2.48. The van der Waals surface area contributed by atoms with Gasteiger partial charge in [-0.25, -0.2) is 8.42 Å². The van der Waals surface area contributed by atoms with Gasteiger partial charge in [0.1, 0.15) is 15.6 Å². The number of ether oxygens (including phenoxy) is 3. The summed E-state index contributed by atoms with van der Waals surface area (Å²) in [6.07, 6.45) is 4.46. The average Bonchev–Trinajstić information content (AvgIpc) is 3.73. The number of hydrogen-bond acceptors (Lipinski definition) is 6. The molecular weight excluding hydrogens is 524 g/mol. The zero-order valence-electron chi connectivity index (χ0n) is 23.6. The van der Waals surface area contributed by atoms with Crippen molar-refractivity contribution in [3.63, 3.8) is 0 Å². The second-order valence-corrected chi connectivity index (χ2v) is 13.3. The third-order valence-corrected chi connectivity index (χ3v) is 8.80. The summed E-state index contributed by atoms with van der Waals surface area (Å²) in [6.45, 7) is 5.81. The fourth-order valence-corrected chi connectivity index (χ4v) is 6.26. The Morgan fingerprint density at radius 2 is 1.70 bits per heavy atom. The van der Waals surface area contributed by atoms with Crippen LogP contribution in [-0.2, 0) is 50.2 Å². The first-order valence-electron chi connectivity index (χ1n) is 14.1. The van der Waals surface area contributed by atoms with Gasteiger partial charge in [0.2, 0.25) is 0 Å². The minimum absolute atomic E-state index is 0.0169. The number of fused-ring (bicyclic) bond motifs is 3. The van der Waals surface area contributed by atoms with Crippen LogP contribution in [0, 0.1) is 12.8 Å². The maximum atomic E-state index is 12.0. The van der Waals surface area contributed by atoms with Crippen LogP contribution < -0.4 is 4.74 Å². The molecule has 212 valence electrons. The molecule has 1 fully saturated rings. The summed E-state index contributed by atoms with van der Waals surface area (Å²) in [5, 5.41) is 0.